The van der Waals surface area contributed by atoms with E-state index < -0.39 is 5.97 Å². The van der Waals surface area contributed by atoms with Gasteiger partial charge in [-0.15, -0.1) is 11.8 Å². The molecule has 5 heteroatoms. The number of hydrogen-bond donors (Lipinski definition) is 1. The number of aliphatic carboxylic acids is 1. The Hall–Kier alpha value is -1.49. The van der Waals surface area contributed by atoms with Crippen LogP contribution in [0.1, 0.15) is 19.3 Å². The van der Waals surface area contributed by atoms with Crippen molar-refractivity contribution in [3.05, 3.63) is 24.3 Å². The Morgan fingerprint density at radius 2 is 2.16 bits per heavy atom. The summed E-state index contributed by atoms with van der Waals surface area (Å²) in [6.45, 7) is 0.239. The average molecular weight is 279 g/mol. The first-order valence-electron chi connectivity index (χ1n) is 6.29. The van der Waals surface area contributed by atoms with Gasteiger partial charge in [-0.05, 0) is 37.3 Å². The van der Waals surface area contributed by atoms with Gasteiger partial charge in [0.1, 0.15) is 0 Å². The maximum Gasteiger partial charge on any atom is 0.305 e. The van der Waals surface area contributed by atoms with Crippen molar-refractivity contribution >= 4 is 29.3 Å². The Morgan fingerprint density at radius 1 is 1.42 bits per heavy atom. The molecule has 0 aromatic heterocycles. The highest BCUT2D eigenvalue weighted by molar-refractivity contribution is 7.98. The van der Waals surface area contributed by atoms with Gasteiger partial charge in [0.25, 0.3) is 0 Å². The van der Waals surface area contributed by atoms with E-state index in [0.29, 0.717) is 0 Å². The number of hydrogen-bond acceptors (Lipinski definition) is 3. The minimum atomic E-state index is -0.880. The van der Waals surface area contributed by atoms with Gasteiger partial charge in [0.15, 0.2) is 0 Å². The molecule has 1 aromatic rings. The van der Waals surface area contributed by atoms with E-state index in [4.69, 9.17) is 5.11 Å². The van der Waals surface area contributed by atoms with Crippen LogP contribution >= 0.6 is 11.8 Å². The van der Waals surface area contributed by atoms with Gasteiger partial charge in [0.2, 0.25) is 5.91 Å². The number of thioether (sulfide) groups is 1. The second-order valence-electron chi connectivity index (χ2n) is 4.61. The van der Waals surface area contributed by atoms with E-state index in [0.717, 1.165) is 23.4 Å². The molecule has 0 saturated heterocycles. The molecule has 1 saturated carbocycles. The highest BCUT2D eigenvalue weighted by Crippen LogP contribution is 2.33. The monoisotopic (exact) mass is 279 g/mol. The number of anilines is 1. The van der Waals surface area contributed by atoms with Crippen LogP contribution in [0.5, 0.6) is 0 Å². The standard InChI is InChI=1S/C14H17NO3S/c1-19-12-4-2-3-11(9-12)15(8-7-13(16)17)14(18)10-5-6-10/h2-4,9-10H,5-8H2,1H3,(H,16,17). The van der Waals surface area contributed by atoms with Crippen molar-refractivity contribution in [2.24, 2.45) is 5.92 Å². The molecule has 19 heavy (non-hydrogen) atoms. The lowest BCUT2D eigenvalue weighted by atomic mass is 10.2. The van der Waals surface area contributed by atoms with Crippen molar-refractivity contribution in [1.29, 1.82) is 0 Å². The van der Waals surface area contributed by atoms with Crippen LogP contribution < -0.4 is 4.90 Å². The smallest absolute Gasteiger partial charge is 0.305 e. The lowest BCUT2D eigenvalue weighted by Gasteiger charge is -2.22. The molecule has 0 heterocycles. The summed E-state index contributed by atoms with van der Waals surface area (Å²) in [4.78, 5) is 25.7. The molecular weight excluding hydrogens is 262 g/mol. The molecule has 4 nitrogen and oxygen atoms in total. The Morgan fingerprint density at radius 3 is 2.74 bits per heavy atom. The van der Waals surface area contributed by atoms with Gasteiger partial charge in [-0.25, -0.2) is 0 Å². The first kappa shape index (κ1) is 13.9. The fourth-order valence-electron chi connectivity index (χ4n) is 1.90. The van der Waals surface area contributed by atoms with Gasteiger partial charge < -0.3 is 10.0 Å². The summed E-state index contributed by atoms with van der Waals surface area (Å²) in [6, 6.07) is 7.68. The van der Waals surface area contributed by atoms with Gasteiger partial charge in [-0.2, -0.15) is 0 Å². The number of carbonyl (C=O) groups is 2. The second-order valence-corrected chi connectivity index (χ2v) is 5.49. The Kier molecular flexibility index (Phi) is 4.47. The number of nitrogens with zero attached hydrogens (tertiary/aromatic N) is 1. The van der Waals surface area contributed by atoms with Crippen molar-refractivity contribution in [3.8, 4) is 0 Å². The van der Waals surface area contributed by atoms with Crippen molar-refractivity contribution < 1.29 is 14.7 Å². The topological polar surface area (TPSA) is 57.6 Å². The van der Waals surface area contributed by atoms with Gasteiger partial charge in [0, 0.05) is 23.0 Å². The Balaban J connectivity index is 2.18. The molecule has 0 unspecified atom stereocenters. The second kappa shape index (κ2) is 6.10. The SMILES string of the molecule is CSc1cccc(N(CCC(=O)O)C(=O)C2CC2)c1. The van der Waals surface area contributed by atoms with Crippen molar-refractivity contribution in [3.63, 3.8) is 0 Å². The summed E-state index contributed by atoms with van der Waals surface area (Å²) < 4.78 is 0. The molecule has 1 aliphatic rings. The van der Waals surface area contributed by atoms with Crippen molar-refractivity contribution in [2.45, 2.75) is 24.2 Å². The third-order valence-electron chi connectivity index (χ3n) is 3.11. The molecule has 0 atom stereocenters. The fraction of sp³-hybridized carbons (Fsp3) is 0.429. The molecule has 0 bridgehead atoms. The summed E-state index contributed by atoms with van der Waals surface area (Å²) in [5, 5.41) is 8.80. The largest absolute Gasteiger partial charge is 0.481 e. The van der Waals surface area contributed by atoms with Gasteiger partial charge in [-0.3, -0.25) is 9.59 Å². The lowest BCUT2D eigenvalue weighted by molar-refractivity contribution is -0.136. The predicted octanol–water partition coefficient (Wildman–Crippen LogP) is 2.63. The van der Waals surface area contributed by atoms with Crippen molar-refractivity contribution in [1.82, 2.24) is 0 Å². The minimum absolute atomic E-state index is 0.0258. The van der Waals surface area contributed by atoms with E-state index in [1.54, 1.807) is 16.7 Å². The van der Waals surface area contributed by atoms with E-state index in [1.165, 1.54) is 0 Å². The van der Waals surface area contributed by atoms with E-state index in [-0.39, 0.29) is 24.8 Å². The quantitative estimate of drug-likeness (QED) is 0.813. The van der Waals surface area contributed by atoms with Crippen LogP contribution in [0.2, 0.25) is 0 Å². The van der Waals surface area contributed by atoms with Crippen LogP contribution in [0, 0.1) is 5.92 Å². The van der Waals surface area contributed by atoms with Crippen LogP contribution in [0.25, 0.3) is 0 Å². The third kappa shape index (κ3) is 3.73. The molecule has 1 fully saturated rings. The summed E-state index contributed by atoms with van der Waals surface area (Å²) in [5.74, 6) is -0.735. The summed E-state index contributed by atoms with van der Waals surface area (Å²) in [7, 11) is 0. The molecule has 1 N–H and O–H groups in total. The zero-order valence-electron chi connectivity index (χ0n) is 10.8. The summed E-state index contributed by atoms with van der Waals surface area (Å²) in [6.07, 6.45) is 3.79. The molecule has 0 radical (unpaired) electrons. The average Bonchev–Trinajstić information content (AvgIpc) is 3.23. The zero-order chi connectivity index (χ0) is 13.8. The van der Waals surface area contributed by atoms with Crippen molar-refractivity contribution in [2.75, 3.05) is 17.7 Å². The molecule has 1 aliphatic carbocycles. The molecule has 2 rings (SSSR count). The maximum atomic E-state index is 12.2. The van der Waals surface area contributed by atoms with E-state index in [1.807, 2.05) is 30.5 Å². The molecule has 0 aliphatic heterocycles. The number of carbonyl (C=O) groups excluding carboxylic acids is 1. The number of carboxylic acids is 1. The molecule has 0 spiro atoms. The fourth-order valence-corrected chi connectivity index (χ4v) is 2.36. The number of rotatable bonds is 6. The Labute approximate surface area is 116 Å². The zero-order valence-corrected chi connectivity index (χ0v) is 11.7. The molecule has 1 amide bonds. The minimum Gasteiger partial charge on any atom is -0.481 e. The van der Waals surface area contributed by atoms with Crippen LogP contribution in [-0.2, 0) is 9.59 Å². The predicted molar refractivity (Wildman–Crippen MR) is 75.6 cm³/mol. The Bertz CT molecular complexity index is 485. The van der Waals surface area contributed by atoms with Gasteiger partial charge in [0.05, 0.1) is 6.42 Å². The molecule has 102 valence electrons. The van der Waals surface area contributed by atoms with E-state index >= 15 is 0 Å². The lowest BCUT2D eigenvalue weighted by Crippen LogP contribution is -2.34. The van der Waals surface area contributed by atoms with E-state index in [2.05, 4.69) is 0 Å². The number of carboxylic acid groups (broad SMARTS) is 1. The van der Waals surface area contributed by atoms with Crippen LogP contribution in [0.4, 0.5) is 5.69 Å². The van der Waals surface area contributed by atoms with Gasteiger partial charge >= 0.3 is 5.97 Å². The molecular formula is C14H17NO3S. The summed E-state index contributed by atoms with van der Waals surface area (Å²) >= 11 is 1.61. The van der Waals surface area contributed by atoms with Gasteiger partial charge in [-0.1, -0.05) is 6.07 Å². The highest BCUT2D eigenvalue weighted by atomic mass is 32.2. The number of amides is 1. The normalized spacial score (nSPS) is 14.2. The molecule has 1 aromatic carbocycles. The maximum absolute atomic E-state index is 12.2. The third-order valence-corrected chi connectivity index (χ3v) is 3.83. The highest BCUT2D eigenvalue weighted by Gasteiger charge is 2.34. The number of benzene rings is 1. The summed E-state index contributed by atoms with van der Waals surface area (Å²) in [5.41, 5.74) is 0.796. The van der Waals surface area contributed by atoms with Crippen LogP contribution in [0.3, 0.4) is 0 Å². The van der Waals surface area contributed by atoms with Crippen LogP contribution in [0.15, 0.2) is 29.2 Å². The van der Waals surface area contributed by atoms with E-state index in [9.17, 15) is 9.59 Å². The first-order chi connectivity index (χ1) is 9.11. The van der Waals surface area contributed by atoms with Crippen LogP contribution in [-0.4, -0.2) is 29.8 Å². The first-order valence-corrected chi connectivity index (χ1v) is 7.51.